The summed E-state index contributed by atoms with van der Waals surface area (Å²) in [5.41, 5.74) is 1.14. The van der Waals surface area contributed by atoms with Crippen LogP contribution in [0.15, 0.2) is 17.8 Å². The van der Waals surface area contributed by atoms with Gasteiger partial charge >= 0.3 is 5.97 Å². The Hall–Kier alpha value is -1.95. The summed E-state index contributed by atoms with van der Waals surface area (Å²) >= 11 is 6.71. The summed E-state index contributed by atoms with van der Waals surface area (Å²) in [6, 6.07) is 1.54. The van der Waals surface area contributed by atoms with E-state index in [1.54, 1.807) is 6.20 Å². The monoisotopic (exact) mass is 380 g/mol. The second-order valence-corrected chi connectivity index (χ2v) is 7.53. The van der Waals surface area contributed by atoms with Crippen molar-refractivity contribution in [3.05, 3.63) is 28.7 Å². The highest BCUT2D eigenvalue weighted by Gasteiger charge is 2.36. The SMILES string of the molecule is O=C(O)C1=CN(C2CC2)c2c(cc(F)c(N3CCCCCC3)c2Cl)OC1. The summed E-state index contributed by atoms with van der Waals surface area (Å²) in [4.78, 5) is 15.3. The van der Waals surface area contributed by atoms with E-state index in [2.05, 4.69) is 0 Å². The minimum absolute atomic E-state index is 0.107. The molecule has 1 aromatic carbocycles. The highest BCUT2D eigenvalue weighted by molar-refractivity contribution is 6.36. The Balaban J connectivity index is 1.81. The Morgan fingerprint density at radius 1 is 1.19 bits per heavy atom. The number of hydrogen-bond donors (Lipinski definition) is 1. The molecule has 0 spiro atoms. The third kappa shape index (κ3) is 3.22. The molecule has 140 valence electrons. The zero-order valence-electron chi connectivity index (χ0n) is 14.5. The fraction of sp³-hybridized carbons (Fsp3) is 0.526. The van der Waals surface area contributed by atoms with Gasteiger partial charge in [-0.1, -0.05) is 24.4 Å². The van der Waals surface area contributed by atoms with Gasteiger partial charge in [0.05, 0.1) is 16.3 Å². The van der Waals surface area contributed by atoms with E-state index in [-0.39, 0.29) is 18.2 Å². The molecule has 1 saturated carbocycles. The van der Waals surface area contributed by atoms with Crippen LogP contribution in [0.2, 0.25) is 5.02 Å². The number of rotatable bonds is 3. The number of ether oxygens (including phenoxy) is 1. The lowest BCUT2D eigenvalue weighted by Gasteiger charge is -2.29. The molecule has 3 aliphatic rings. The number of halogens is 2. The van der Waals surface area contributed by atoms with Crippen LogP contribution in [0.4, 0.5) is 15.8 Å². The van der Waals surface area contributed by atoms with Crippen molar-refractivity contribution in [1.29, 1.82) is 0 Å². The predicted octanol–water partition coefficient (Wildman–Crippen LogP) is 4.19. The van der Waals surface area contributed by atoms with Crippen molar-refractivity contribution in [1.82, 2.24) is 0 Å². The zero-order chi connectivity index (χ0) is 18.3. The average Bonchev–Trinajstić information content (AvgIpc) is 3.43. The maximum atomic E-state index is 14.9. The lowest BCUT2D eigenvalue weighted by Crippen LogP contribution is -2.27. The Morgan fingerprint density at radius 2 is 1.88 bits per heavy atom. The Kier molecular flexibility index (Phi) is 4.69. The van der Waals surface area contributed by atoms with Gasteiger partial charge in [0.2, 0.25) is 0 Å². The van der Waals surface area contributed by atoms with Crippen LogP contribution in [0.3, 0.4) is 0 Å². The molecular formula is C19H22ClFN2O3. The highest BCUT2D eigenvalue weighted by atomic mass is 35.5. The van der Waals surface area contributed by atoms with Crippen LogP contribution < -0.4 is 14.5 Å². The first-order valence-electron chi connectivity index (χ1n) is 9.18. The van der Waals surface area contributed by atoms with E-state index in [1.165, 1.54) is 6.07 Å². The quantitative estimate of drug-likeness (QED) is 0.852. The topological polar surface area (TPSA) is 53.0 Å². The van der Waals surface area contributed by atoms with Crippen molar-refractivity contribution < 1.29 is 19.0 Å². The molecule has 0 aromatic heterocycles. The zero-order valence-corrected chi connectivity index (χ0v) is 15.3. The summed E-state index contributed by atoms with van der Waals surface area (Å²) in [7, 11) is 0. The molecule has 1 saturated heterocycles. The number of fused-ring (bicyclic) bond motifs is 1. The van der Waals surface area contributed by atoms with Gasteiger partial charge in [-0.3, -0.25) is 0 Å². The van der Waals surface area contributed by atoms with Crippen molar-refractivity contribution in [2.75, 3.05) is 29.5 Å². The maximum absolute atomic E-state index is 14.9. The molecule has 2 heterocycles. The van der Waals surface area contributed by atoms with E-state index >= 15 is 0 Å². The number of aliphatic carboxylic acids is 1. The number of carboxylic acid groups (broad SMARTS) is 1. The first kappa shape index (κ1) is 17.5. The van der Waals surface area contributed by atoms with Gasteiger partial charge in [-0.2, -0.15) is 0 Å². The normalized spacial score (nSPS) is 20.6. The molecule has 0 unspecified atom stereocenters. The van der Waals surface area contributed by atoms with Gasteiger partial charge in [-0.05, 0) is 25.7 Å². The first-order chi connectivity index (χ1) is 12.6. The molecule has 4 rings (SSSR count). The van der Waals surface area contributed by atoms with Crippen LogP contribution in [0.1, 0.15) is 38.5 Å². The summed E-state index contributed by atoms with van der Waals surface area (Å²) in [5, 5.41) is 9.70. The van der Waals surface area contributed by atoms with Crippen LogP contribution in [0, 0.1) is 5.82 Å². The average molecular weight is 381 g/mol. The fourth-order valence-electron chi connectivity index (χ4n) is 3.69. The standard InChI is InChI=1S/C19H22ClFN2O3/c20-16-17(22-7-3-1-2-4-8-22)14(21)9-15-18(16)23(13-5-6-13)10-12(11-26-15)19(24)25/h9-10,13H,1-8,11H2,(H,24,25). The molecule has 0 amide bonds. The summed E-state index contributed by atoms with van der Waals surface area (Å²) < 4.78 is 20.6. The molecular weight excluding hydrogens is 359 g/mol. The molecule has 0 bridgehead atoms. The van der Waals surface area contributed by atoms with Crippen molar-refractivity contribution in [3.63, 3.8) is 0 Å². The predicted molar refractivity (Wildman–Crippen MR) is 98.8 cm³/mol. The third-order valence-corrected chi connectivity index (χ3v) is 5.56. The van der Waals surface area contributed by atoms with Gasteiger partial charge in [0.15, 0.2) is 5.82 Å². The number of benzene rings is 1. The minimum Gasteiger partial charge on any atom is -0.486 e. The van der Waals surface area contributed by atoms with Crippen molar-refractivity contribution in [3.8, 4) is 5.75 Å². The smallest absolute Gasteiger partial charge is 0.336 e. The Labute approximate surface area is 157 Å². The summed E-state index contributed by atoms with van der Waals surface area (Å²) in [6.45, 7) is 1.44. The first-order valence-corrected chi connectivity index (χ1v) is 9.56. The van der Waals surface area contributed by atoms with E-state index in [9.17, 15) is 14.3 Å². The van der Waals surface area contributed by atoms with E-state index in [1.807, 2.05) is 9.80 Å². The summed E-state index contributed by atoms with van der Waals surface area (Å²) in [5.74, 6) is -1.14. The highest BCUT2D eigenvalue weighted by Crippen LogP contribution is 2.49. The van der Waals surface area contributed by atoms with Crippen molar-refractivity contribution in [2.45, 2.75) is 44.6 Å². The molecule has 7 heteroatoms. The summed E-state index contributed by atoms with van der Waals surface area (Å²) in [6.07, 6.45) is 7.82. The van der Waals surface area contributed by atoms with E-state index in [4.69, 9.17) is 16.3 Å². The number of carbonyl (C=O) groups is 1. The maximum Gasteiger partial charge on any atom is 0.336 e. The molecule has 2 aliphatic heterocycles. The lowest BCUT2D eigenvalue weighted by molar-refractivity contribution is -0.133. The third-order valence-electron chi connectivity index (χ3n) is 5.21. The van der Waals surface area contributed by atoms with Crippen LogP contribution in [-0.4, -0.2) is 36.8 Å². The molecule has 0 radical (unpaired) electrons. The van der Waals surface area contributed by atoms with Crippen LogP contribution in [0.5, 0.6) is 5.75 Å². The van der Waals surface area contributed by atoms with Crippen LogP contribution in [0.25, 0.3) is 0 Å². The molecule has 2 fully saturated rings. The van der Waals surface area contributed by atoms with Gasteiger partial charge in [0.25, 0.3) is 0 Å². The fourth-order valence-corrected chi connectivity index (χ4v) is 4.10. The van der Waals surface area contributed by atoms with Gasteiger partial charge < -0.3 is 19.6 Å². The van der Waals surface area contributed by atoms with Crippen LogP contribution in [-0.2, 0) is 4.79 Å². The van der Waals surface area contributed by atoms with Crippen molar-refractivity contribution in [2.24, 2.45) is 0 Å². The number of carboxylic acids is 1. The Morgan fingerprint density at radius 3 is 2.50 bits per heavy atom. The molecule has 5 nitrogen and oxygen atoms in total. The van der Waals surface area contributed by atoms with Crippen molar-refractivity contribution >= 4 is 28.9 Å². The van der Waals surface area contributed by atoms with Crippen LogP contribution >= 0.6 is 11.6 Å². The molecule has 1 N–H and O–H groups in total. The lowest BCUT2D eigenvalue weighted by atomic mass is 10.2. The van der Waals surface area contributed by atoms with Gasteiger partial charge in [0, 0.05) is 31.4 Å². The van der Waals surface area contributed by atoms with Gasteiger partial charge in [0.1, 0.15) is 18.0 Å². The molecule has 1 aliphatic carbocycles. The number of hydrogen-bond acceptors (Lipinski definition) is 4. The molecule has 0 atom stereocenters. The molecule has 26 heavy (non-hydrogen) atoms. The second kappa shape index (κ2) is 6.99. The number of anilines is 2. The minimum atomic E-state index is -1.03. The second-order valence-electron chi connectivity index (χ2n) is 7.16. The van der Waals surface area contributed by atoms with E-state index in [0.29, 0.717) is 22.1 Å². The largest absolute Gasteiger partial charge is 0.486 e. The van der Waals surface area contributed by atoms with E-state index in [0.717, 1.165) is 51.6 Å². The van der Waals surface area contributed by atoms with Gasteiger partial charge in [-0.15, -0.1) is 0 Å². The van der Waals surface area contributed by atoms with E-state index < -0.39 is 11.8 Å². The Bertz CT molecular complexity index is 756. The number of nitrogens with zero attached hydrogens (tertiary/aromatic N) is 2. The van der Waals surface area contributed by atoms with Gasteiger partial charge in [-0.25, -0.2) is 9.18 Å². The molecule has 1 aromatic rings.